The molecule has 0 amide bonds. The van der Waals surface area contributed by atoms with Gasteiger partial charge in [0.05, 0.1) is 27.4 Å². The summed E-state index contributed by atoms with van der Waals surface area (Å²) in [5.74, 6) is 0. The Hall–Kier alpha value is -1.83. The second-order valence-electron chi connectivity index (χ2n) is 3.85. The molecule has 2 aromatic carbocycles. The zero-order valence-electron chi connectivity index (χ0n) is 9.29. The van der Waals surface area contributed by atoms with E-state index in [1.165, 1.54) is 0 Å². The Balaban J connectivity index is 2.27. The van der Waals surface area contributed by atoms with Crippen LogP contribution in [0.25, 0.3) is 21.3 Å². The predicted octanol–water partition coefficient (Wildman–Crippen LogP) is 4.12. The van der Waals surface area contributed by atoms with Gasteiger partial charge < -0.3 is 0 Å². The summed E-state index contributed by atoms with van der Waals surface area (Å²) in [6, 6.07) is 13.6. The van der Waals surface area contributed by atoms with Crippen molar-refractivity contribution < 1.29 is 0 Å². The van der Waals surface area contributed by atoms with Gasteiger partial charge >= 0.3 is 0 Å². The molecule has 0 unspecified atom stereocenters. The highest BCUT2D eigenvalue weighted by molar-refractivity contribution is 7.80. The summed E-state index contributed by atoms with van der Waals surface area (Å²) in [6.45, 7) is 0. The van der Waals surface area contributed by atoms with Crippen LogP contribution >= 0.6 is 24.0 Å². The van der Waals surface area contributed by atoms with E-state index in [2.05, 4.69) is 23.7 Å². The Bertz CT molecular complexity index is 752. The fourth-order valence-electron chi connectivity index (χ4n) is 1.91. The molecule has 3 rings (SSSR count). The van der Waals surface area contributed by atoms with Crippen LogP contribution in [0.4, 0.5) is 0 Å². The average molecular weight is 268 g/mol. The Kier molecular flexibility index (Phi) is 2.78. The first-order chi connectivity index (χ1) is 8.79. The SMILES string of the molecule is N#Cc1ccc(-c2c(S)ccc3ncsc23)cc1. The molecule has 0 aliphatic rings. The predicted molar refractivity (Wildman–Crippen MR) is 77.0 cm³/mol. The first-order valence-electron chi connectivity index (χ1n) is 5.35. The summed E-state index contributed by atoms with van der Waals surface area (Å²) in [6.07, 6.45) is 0. The third kappa shape index (κ3) is 1.78. The minimum absolute atomic E-state index is 0.663. The van der Waals surface area contributed by atoms with E-state index < -0.39 is 0 Å². The summed E-state index contributed by atoms with van der Waals surface area (Å²) in [5, 5.41) is 8.82. The van der Waals surface area contributed by atoms with E-state index in [0.29, 0.717) is 5.56 Å². The minimum Gasteiger partial charge on any atom is -0.245 e. The summed E-state index contributed by atoms with van der Waals surface area (Å²) in [7, 11) is 0. The van der Waals surface area contributed by atoms with E-state index >= 15 is 0 Å². The number of hydrogen-bond donors (Lipinski definition) is 1. The first kappa shape index (κ1) is 11.3. The number of thiol groups is 1. The van der Waals surface area contributed by atoms with E-state index in [4.69, 9.17) is 5.26 Å². The highest BCUT2D eigenvalue weighted by Gasteiger charge is 2.09. The number of hydrogen-bond acceptors (Lipinski definition) is 4. The topological polar surface area (TPSA) is 36.7 Å². The second-order valence-corrected chi connectivity index (χ2v) is 5.19. The molecule has 0 atom stereocenters. The van der Waals surface area contributed by atoms with E-state index in [-0.39, 0.29) is 0 Å². The number of thiazole rings is 1. The lowest BCUT2D eigenvalue weighted by atomic mass is 10.0. The van der Waals surface area contributed by atoms with Crippen molar-refractivity contribution >= 4 is 34.2 Å². The van der Waals surface area contributed by atoms with E-state index in [1.807, 2.05) is 41.9 Å². The van der Waals surface area contributed by atoms with Crippen LogP contribution in [0.3, 0.4) is 0 Å². The lowest BCUT2D eigenvalue weighted by molar-refractivity contribution is 1.45. The number of aromatic nitrogens is 1. The van der Waals surface area contributed by atoms with Crippen LogP contribution in [0.5, 0.6) is 0 Å². The van der Waals surface area contributed by atoms with Crippen molar-refractivity contribution in [2.45, 2.75) is 4.90 Å². The zero-order chi connectivity index (χ0) is 12.5. The van der Waals surface area contributed by atoms with Gasteiger partial charge in [-0.25, -0.2) is 4.98 Å². The standard InChI is InChI=1S/C14H8N2S2/c15-7-9-1-3-10(4-2-9)13-12(17)6-5-11-14(13)18-8-16-11/h1-6,8,17H. The van der Waals surface area contributed by atoms with Crippen LogP contribution < -0.4 is 0 Å². The van der Waals surface area contributed by atoms with E-state index in [9.17, 15) is 0 Å². The average Bonchev–Trinajstić information content (AvgIpc) is 2.87. The van der Waals surface area contributed by atoms with Crippen molar-refractivity contribution in [3.05, 3.63) is 47.5 Å². The minimum atomic E-state index is 0.663. The molecule has 0 aliphatic heterocycles. The van der Waals surface area contributed by atoms with Gasteiger partial charge in [0.15, 0.2) is 0 Å². The van der Waals surface area contributed by atoms with Crippen LogP contribution in [-0.2, 0) is 0 Å². The number of rotatable bonds is 1. The second kappa shape index (κ2) is 4.45. The van der Waals surface area contributed by atoms with Crippen molar-refractivity contribution in [1.82, 2.24) is 4.98 Å². The highest BCUT2D eigenvalue weighted by Crippen LogP contribution is 2.36. The fraction of sp³-hybridized carbons (Fsp3) is 0. The van der Waals surface area contributed by atoms with Gasteiger partial charge in [0.2, 0.25) is 0 Å². The molecule has 0 saturated carbocycles. The first-order valence-corrected chi connectivity index (χ1v) is 6.68. The van der Waals surface area contributed by atoms with Crippen molar-refractivity contribution in [2.24, 2.45) is 0 Å². The van der Waals surface area contributed by atoms with Crippen LogP contribution in [0.2, 0.25) is 0 Å². The van der Waals surface area contributed by atoms with Crippen molar-refractivity contribution in [3.8, 4) is 17.2 Å². The van der Waals surface area contributed by atoms with Gasteiger partial charge in [0, 0.05) is 10.5 Å². The molecule has 4 heteroatoms. The van der Waals surface area contributed by atoms with Crippen LogP contribution in [-0.4, -0.2) is 4.98 Å². The van der Waals surface area contributed by atoms with Gasteiger partial charge in [-0.1, -0.05) is 12.1 Å². The number of nitrogens with zero attached hydrogens (tertiary/aromatic N) is 2. The molecule has 0 aliphatic carbocycles. The lowest BCUT2D eigenvalue weighted by Gasteiger charge is -2.06. The maximum Gasteiger partial charge on any atom is 0.0991 e. The maximum atomic E-state index is 8.82. The molecule has 1 aromatic heterocycles. The summed E-state index contributed by atoms with van der Waals surface area (Å²) >= 11 is 6.13. The van der Waals surface area contributed by atoms with Gasteiger partial charge in [0.25, 0.3) is 0 Å². The molecule has 2 nitrogen and oxygen atoms in total. The lowest BCUT2D eigenvalue weighted by Crippen LogP contribution is -1.82. The largest absolute Gasteiger partial charge is 0.245 e. The number of fused-ring (bicyclic) bond motifs is 1. The van der Waals surface area contributed by atoms with Gasteiger partial charge in [-0.15, -0.1) is 24.0 Å². The van der Waals surface area contributed by atoms with Crippen LogP contribution in [0.1, 0.15) is 5.56 Å². The molecule has 1 heterocycles. The summed E-state index contributed by atoms with van der Waals surface area (Å²) < 4.78 is 1.13. The van der Waals surface area contributed by atoms with Crippen LogP contribution in [0, 0.1) is 11.3 Å². The molecule has 18 heavy (non-hydrogen) atoms. The molecule has 0 fully saturated rings. The molecule has 86 valence electrons. The van der Waals surface area contributed by atoms with Crippen molar-refractivity contribution in [2.75, 3.05) is 0 Å². The monoisotopic (exact) mass is 268 g/mol. The smallest absolute Gasteiger partial charge is 0.0991 e. The fourth-order valence-corrected chi connectivity index (χ4v) is 3.16. The number of benzene rings is 2. The molecule has 0 radical (unpaired) electrons. The molecule has 3 aromatic rings. The third-order valence-corrected chi connectivity index (χ3v) is 4.01. The zero-order valence-corrected chi connectivity index (χ0v) is 11.0. The van der Waals surface area contributed by atoms with Gasteiger partial charge in [-0.05, 0) is 29.8 Å². The normalized spacial score (nSPS) is 10.4. The highest BCUT2D eigenvalue weighted by atomic mass is 32.1. The van der Waals surface area contributed by atoms with Crippen molar-refractivity contribution in [3.63, 3.8) is 0 Å². The molecular weight excluding hydrogens is 260 g/mol. The maximum absolute atomic E-state index is 8.82. The molecule has 0 saturated heterocycles. The third-order valence-electron chi connectivity index (χ3n) is 2.78. The van der Waals surface area contributed by atoms with Crippen molar-refractivity contribution in [1.29, 1.82) is 5.26 Å². The Morgan fingerprint density at radius 3 is 2.61 bits per heavy atom. The van der Waals surface area contributed by atoms with Gasteiger partial charge in [0.1, 0.15) is 0 Å². The molecule has 0 spiro atoms. The summed E-state index contributed by atoms with van der Waals surface area (Å²) in [4.78, 5) is 5.24. The number of nitriles is 1. The van der Waals surface area contributed by atoms with Gasteiger partial charge in [-0.3, -0.25) is 0 Å². The molecule has 0 bridgehead atoms. The van der Waals surface area contributed by atoms with E-state index in [1.54, 1.807) is 11.3 Å². The van der Waals surface area contributed by atoms with Gasteiger partial charge in [-0.2, -0.15) is 5.26 Å². The Morgan fingerprint density at radius 2 is 1.89 bits per heavy atom. The Morgan fingerprint density at radius 1 is 1.11 bits per heavy atom. The molecular formula is C14H8N2S2. The summed E-state index contributed by atoms with van der Waals surface area (Å²) in [5.41, 5.74) is 5.63. The molecule has 0 N–H and O–H groups in total. The van der Waals surface area contributed by atoms with E-state index in [0.717, 1.165) is 26.2 Å². The Labute approximate surface area is 114 Å². The van der Waals surface area contributed by atoms with Crippen LogP contribution in [0.15, 0.2) is 46.8 Å². The quantitative estimate of drug-likeness (QED) is 0.674.